The Morgan fingerprint density at radius 3 is 1.46 bits per heavy atom. The van der Waals surface area contributed by atoms with Gasteiger partial charge in [0.1, 0.15) is 0 Å². The van der Waals surface area contributed by atoms with E-state index in [2.05, 4.69) is 102 Å². The van der Waals surface area contributed by atoms with E-state index in [9.17, 15) is 0 Å². The van der Waals surface area contributed by atoms with Gasteiger partial charge in [-0.05, 0) is 83.6 Å². The highest BCUT2D eigenvalue weighted by molar-refractivity contribution is 5.60. The molecule has 1 unspecified atom stereocenters. The average Bonchev–Trinajstić information content (AvgIpc) is 2.64. The second-order valence-corrected chi connectivity index (χ2v) is 8.57. The van der Waals surface area contributed by atoms with Crippen LogP contribution in [0.4, 0.5) is 11.4 Å². The Balaban J connectivity index is 2.20. The first-order chi connectivity index (χ1) is 13.3. The van der Waals surface area contributed by atoms with E-state index in [1.807, 2.05) is 0 Å². The van der Waals surface area contributed by atoms with Gasteiger partial charge >= 0.3 is 0 Å². The van der Waals surface area contributed by atoms with Crippen molar-refractivity contribution in [1.29, 1.82) is 0 Å². The minimum atomic E-state index is 0.497. The normalized spacial score (nSPS) is 12.3. The summed E-state index contributed by atoms with van der Waals surface area (Å²) in [6.07, 6.45) is 2.32. The molecular weight excluding hydrogens is 340 g/mol. The lowest BCUT2D eigenvalue weighted by Crippen LogP contribution is -2.38. The van der Waals surface area contributed by atoms with Gasteiger partial charge in [-0.1, -0.05) is 43.3 Å². The van der Waals surface area contributed by atoms with Crippen LogP contribution in [0.3, 0.4) is 0 Å². The fourth-order valence-corrected chi connectivity index (χ4v) is 4.33. The lowest BCUT2D eigenvalue weighted by atomic mass is 10.0. The van der Waals surface area contributed by atoms with Crippen molar-refractivity contribution < 1.29 is 0 Å². The molecule has 0 aromatic heterocycles. The molecule has 2 rings (SSSR count). The van der Waals surface area contributed by atoms with Crippen molar-refractivity contribution in [3.8, 4) is 0 Å². The van der Waals surface area contributed by atoms with Gasteiger partial charge in [0.25, 0.3) is 0 Å². The molecule has 0 spiro atoms. The predicted molar refractivity (Wildman–Crippen MR) is 126 cm³/mol. The number of aryl methyl sites for hydroxylation is 4. The lowest BCUT2D eigenvalue weighted by Gasteiger charge is -2.36. The van der Waals surface area contributed by atoms with Gasteiger partial charge in [-0.25, -0.2) is 0 Å². The molecule has 0 bridgehead atoms. The van der Waals surface area contributed by atoms with Crippen LogP contribution in [0.25, 0.3) is 0 Å². The van der Waals surface area contributed by atoms with Crippen LogP contribution in [0, 0.1) is 27.7 Å². The fraction of sp³-hybridized carbons (Fsp3) is 0.538. The van der Waals surface area contributed by atoms with Crippen LogP contribution in [-0.2, 0) is 0 Å². The maximum Gasteiger partial charge on any atom is 0.0428 e. The molecule has 28 heavy (non-hydrogen) atoms. The van der Waals surface area contributed by atoms with Crippen LogP contribution in [0.1, 0.15) is 62.8 Å². The lowest BCUT2D eigenvalue weighted by molar-refractivity contribution is 0.579. The van der Waals surface area contributed by atoms with Crippen LogP contribution in [0.5, 0.6) is 0 Å². The van der Waals surface area contributed by atoms with Crippen LogP contribution in [-0.4, -0.2) is 25.2 Å². The molecular formula is C26H40N2. The molecule has 0 saturated heterocycles. The van der Waals surface area contributed by atoms with Gasteiger partial charge in [0, 0.05) is 36.5 Å². The van der Waals surface area contributed by atoms with Crippen LogP contribution in [0.2, 0.25) is 0 Å². The predicted octanol–water partition coefficient (Wildman–Crippen LogP) is 6.83. The Bertz CT molecular complexity index is 723. The average molecular weight is 381 g/mol. The van der Waals surface area contributed by atoms with E-state index in [0.29, 0.717) is 12.1 Å². The molecule has 0 saturated carbocycles. The number of anilines is 2. The number of benzene rings is 2. The molecule has 0 aliphatic heterocycles. The molecule has 0 amide bonds. The van der Waals surface area contributed by atoms with Gasteiger partial charge in [-0.3, -0.25) is 0 Å². The van der Waals surface area contributed by atoms with Gasteiger partial charge < -0.3 is 9.80 Å². The summed E-state index contributed by atoms with van der Waals surface area (Å²) in [6.45, 7) is 20.4. The first kappa shape index (κ1) is 22.3. The zero-order chi connectivity index (χ0) is 20.8. The molecule has 2 heteroatoms. The first-order valence-electron chi connectivity index (χ1n) is 10.9. The van der Waals surface area contributed by atoms with Crippen LogP contribution < -0.4 is 9.80 Å². The van der Waals surface area contributed by atoms with E-state index in [-0.39, 0.29) is 0 Å². The molecule has 2 nitrogen and oxygen atoms in total. The van der Waals surface area contributed by atoms with E-state index in [0.717, 1.165) is 19.5 Å². The summed E-state index contributed by atoms with van der Waals surface area (Å²) in [7, 11) is 0. The van der Waals surface area contributed by atoms with Gasteiger partial charge in [-0.2, -0.15) is 0 Å². The van der Waals surface area contributed by atoms with Gasteiger partial charge in [0.05, 0.1) is 0 Å². The highest BCUT2D eigenvalue weighted by Gasteiger charge is 2.19. The quantitative estimate of drug-likeness (QED) is 0.470. The molecule has 0 fully saturated rings. The number of hydrogen-bond donors (Lipinski definition) is 0. The summed E-state index contributed by atoms with van der Waals surface area (Å²) >= 11 is 0. The Kier molecular flexibility index (Phi) is 7.98. The summed E-state index contributed by atoms with van der Waals surface area (Å²) in [5, 5.41) is 0. The summed E-state index contributed by atoms with van der Waals surface area (Å²) in [4.78, 5) is 5.22. The fourth-order valence-electron chi connectivity index (χ4n) is 4.33. The zero-order valence-electron chi connectivity index (χ0n) is 19.3. The largest absolute Gasteiger partial charge is 0.369 e. The monoisotopic (exact) mass is 380 g/mol. The minimum absolute atomic E-state index is 0.497. The Morgan fingerprint density at radius 1 is 0.679 bits per heavy atom. The summed E-state index contributed by atoms with van der Waals surface area (Å²) in [5.41, 5.74) is 8.37. The third-order valence-electron chi connectivity index (χ3n) is 6.00. The SMILES string of the molecule is CCC(C)N(CCCN(c1c(C)cccc1C)C(C)C)c1c(C)cccc1C. The highest BCUT2D eigenvalue weighted by Crippen LogP contribution is 2.29. The van der Waals surface area contributed by atoms with Crippen molar-refractivity contribution in [2.75, 3.05) is 22.9 Å². The van der Waals surface area contributed by atoms with Crippen molar-refractivity contribution in [3.63, 3.8) is 0 Å². The molecule has 2 aromatic carbocycles. The van der Waals surface area contributed by atoms with E-state index >= 15 is 0 Å². The third-order valence-corrected chi connectivity index (χ3v) is 6.00. The molecule has 0 radical (unpaired) electrons. The molecule has 2 aromatic rings. The number of nitrogens with zero attached hydrogens (tertiary/aromatic N) is 2. The summed E-state index contributed by atoms with van der Waals surface area (Å²) in [5.74, 6) is 0. The Labute approximate surface area is 173 Å². The standard InChI is InChI=1S/C26H40N2/c1-9-24(8)28(26-22(6)15-11-16-23(26)7)18-12-17-27(19(2)3)25-20(4)13-10-14-21(25)5/h10-11,13-16,19,24H,9,12,17-18H2,1-8H3. The molecule has 0 heterocycles. The minimum Gasteiger partial charge on any atom is -0.369 e. The Morgan fingerprint density at radius 2 is 1.07 bits per heavy atom. The smallest absolute Gasteiger partial charge is 0.0428 e. The van der Waals surface area contributed by atoms with Gasteiger partial charge in [-0.15, -0.1) is 0 Å². The maximum absolute atomic E-state index is 2.63. The van der Waals surface area contributed by atoms with Crippen LogP contribution in [0.15, 0.2) is 36.4 Å². The third kappa shape index (κ3) is 5.10. The zero-order valence-corrected chi connectivity index (χ0v) is 19.3. The molecule has 0 aliphatic carbocycles. The second-order valence-electron chi connectivity index (χ2n) is 8.57. The number of rotatable bonds is 9. The van der Waals surface area contributed by atoms with E-state index in [4.69, 9.17) is 0 Å². The van der Waals surface area contributed by atoms with E-state index in [1.54, 1.807) is 0 Å². The van der Waals surface area contributed by atoms with Crippen molar-refractivity contribution in [2.45, 2.75) is 80.3 Å². The second kappa shape index (κ2) is 10.0. The first-order valence-corrected chi connectivity index (χ1v) is 10.9. The maximum atomic E-state index is 2.63. The number of hydrogen-bond acceptors (Lipinski definition) is 2. The molecule has 1 atom stereocenters. The van der Waals surface area contributed by atoms with Crippen molar-refractivity contribution in [1.82, 2.24) is 0 Å². The van der Waals surface area contributed by atoms with E-state index < -0.39 is 0 Å². The molecule has 154 valence electrons. The topological polar surface area (TPSA) is 6.48 Å². The van der Waals surface area contributed by atoms with Crippen molar-refractivity contribution >= 4 is 11.4 Å². The highest BCUT2D eigenvalue weighted by atomic mass is 15.2. The number of para-hydroxylation sites is 2. The van der Waals surface area contributed by atoms with Crippen LogP contribution >= 0.6 is 0 Å². The van der Waals surface area contributed by atoms with Gasteiger partial charge in [0.15, 0.2) is 0 Å². The summed E-state index contributed by atoms with van der Waals surface area (Å²) < 4.78 is 0. The van der Waals surface area contributed by atoms with Gasteiger partial charge in [0.2, 0.25) is 0 Å². The van der Waals surface area contributed by atoms with E-state index in [1.165, 1.54) is 40.0 Å². The van der Waals surface area contributed by atoms with Crippen molar-refractivity contribution in [3.05, 3.63) is 58.7 Å². The Hall–Kier alpha value is -1.96. The molecule has 0 aliphatic rings. The molecule has 0 N–H and O–H groups in total. The summed E-state index contributed by atoms with van der Waals surface area (Å²) in [6, 6.07) is 14.3. The van der Waals surface area contributed by atoms with Crippen molar-refractivity contribution in [2.24, 2.45) is 0 Å².